The smallest absolute Gasteiger partial charge is 0.0569 e. The molecule has 3 heteroatoms. The molecule has 0 aliphatic heterocycles. The number of hydrogen-bond donors (Lipinski definition) is 0. The molecule has 0 saturated heterocycles. The van der Waals surface area contributed by atoms with Crippen molar-refractivity contribution in [3.63, 3.8) is 0 Å². The van der Waals surface area contributed by atoms with Gasteiger partial charge in [0, 0.05) is 31.3 Å². The Bertz CT molecular complexity index is 681. The van der Waals surface area contributed by atoms with Crippen LogP contribution in [-0.2, 0) is 13.0 Å². The van der Waals surface area contributed by atoms with Gasteiger partial charge < -0.3 is 4.57 Å². The van der Waals surface area contributed by atoms with Crippen LogP contribution in [0.2, 0.25) is 0 Å². The first-order valence-electron chi connectivity index (χ1n) is 6.09. The molecular weight excluding hydrogens is 306 g/mol. The van der Waals surface area contributed by atoms with Crippen molar-refractivity contribution in [1.29, 1.82) is 0 Å². The van der Waals surface area contributed by atoms with E-state index in [4.69, 9.17) is 0 Å². The third-order valence-corrected chi connectivity index (χ3v) is 5.06. The lowest BCUT2D eigenvalue weighted by molar-refractivity contribution is 0.851. The summed E-state index contributed by atoms with van der Waals surface area (Å²) in [7, 11) is 0. The molecule has 0 radical (unpaired) electrons. The van der Waals surface area contributed by atoms with Crippen LogP contribution in [0.3, 0.4) is 0 Å². The molecule has 18 heavy (non-hydrogen) atoms. The van der Waals surface area contributed by atoms with Gasteiger partial charge in [0.1, 0.15) is 0 Å². The second-order valence-corrected chi connectivity index (χ2v) is 6.45. The molecule has 92 valence electrons. The highest BCUT2D eigenvalue weighted by Crippen LogP contribution is 2.26. The van der Waals surface area contributed by atoms with E-state index in [1.165, 1.54) is 25.1 Å². The molecule has 0 N–H and O–H groups in total. The van der Waals surface area contributed by atoms with E-state index >= 15 is 0 Å². The van der Waals surface area contributed by atoms with Crippen LogP contribution in [-0.4, -0.2) is 4.57 Å². The van der Waals surface area contributed by atoms with Gasteiger partial charge in [0.25, 0.3) is 0 Å². The third kappa shape index (κ3) is 2.13. The fourth-order valence-corrected chi connectivity index (χ4v) is 3.63. The second kappa shape index (κ2) is 4.90. The standard InChI is InChI=1S/C15H14BrNS/c1-2-11-6-7-12(18-11)10-17-9-8-13-14(16)4-3-5-15(13)17/h3-9H,2,10H2,1H3. The Morgan fingerprint density at radius 3 is 2.72 bits per heavy atom. The summed E-state index contributed by atoms with van der Waals surface area (Å²) in [6.45, 7) is 3.17. The zero-order valence-corrected chi connectivity index (χ0v) is 12.6. The summed E-state index contributed by atoms with van der Waals surface area (Å²) in [5, 5.41) is 1.28. The predicted molar refractivity (Wildman–Crippen MR) is 82.4 cm³/mol. The van der Waals surface area contributed by atoms with E-state index < -0.39 is 0 Å². The van der Waals surface area contributed by atoms with Gasteiger partial charge in [-0.1, -0.05) is 28.9 Å². The number of thiophene rings is 1. The molecule has 1 aromatic carbocycles. The summed E-state index contributed by atoms with van der Waals surface area (Å²) in [5.74, 6) is 0. The van der Waals surface area contributed by atoms with Crippen molar-refractivity contribution in [2.45, 2.75) is 19.9 Å². The van der Waals surface area contributed by atoms with Crippen LogP contribution < -0.4 is 0 Å². The monoisotopic (exact) mass is 319 g/mol. The first-order valence-corrected chi connectivity index (χ1v) is 7.70. The maximum atomic E-state index is 3.60. The normalized spacial score (nSPS) is 11.2. The number of halogens is 1. The average Bonchev–Trinajstić information content (AvgIpc) is 2.98. The summed E-state index contributed by atoms with van der Waals surface area (Å²) < 4.78 is 3.48. The molecule has 0 amide bonds. The zero-order chi connectivity index (χ0) is 12.5. The SMILES string of the molecule is CCc1ccc(Cn2ccc3c(Br)cccc32)s1. The molecular formula is C15H14BrNS. The van der Waals surface area contributed by atoms with Crippen molar-refractivity contribution in [3.8, 4) is 0 Å². The maximum absolute atomic E-state index is 3.60. The van der Waals surface area contributed by atoms with Gasteiger partial charge in [0.15, 0.2) is 0 Å². The van der Waals surface area contributed by atoms with E-state index in [1.54, 1.807) is 0 Å². The van der Waals surface area contributed by atoms with Gasteiger partial charge in [-0.2, -0.15) is 0 Å². The maximum Gasteiger partial charge on any atom is 0.0569 e. The highest BCUT2D eigenvalue weighted by atomic mass is 79.9. The van der Waals surface area contributed by atoms with Crippen molar-refractivity contribution < 1.29 is 0 Å². The lowest BCUT2D eigenvalue weighted by atomic mass is 10.2. The van der Waals surface area contributed by atoms with Crippen LogP contribution in [0.15, 0.2) is 47.1 Å². The largest absolute Gasteiger partial charge is 0.342 e. The molecule has 0 unspecified atom stereocenters. The van der Waals surface area contributed by atoms with E-state index in [-0.39, 0.29) is 0 Å². The number of aromatic nitrogens is 1. The summed E-state index contributed by atoms with van der Waals surface area (Å²) in [6, 6.07) is 13.0. The fourth-order valence-electron chi connectivity index (χ4n) is 2.19. The quantitative estimate of drug-likeness (QED) is 0.634. The first kappa shape index (κ1) is 12.0. The van der Waals surface area contributed by atoms with Crippen LogP contribution in [0, 0.1) is 0 Å². The van der Waals surface area contributed by atoms with E-state index in [1.807, 2.05) is 11.3 Å². The van der Waals surface area contributed by atoms with Gasteiger partial charge in [-0.15, -0.1) is 11.3 Å². The van der Waals surface area contributed by atoms with Gasteiger partial charge in [0.2, 0.25) is 0 Å². The summed E-state index contributed by atoms with van der Waals surface area (Å²) in [5.41, 5.74) is 1.29. The van der Waals surface area contributed by atoms with E-state index in [0.29, 0.717) is 0 Å². The first-order chi connectivity index (χ1) is 8.78. The van der Waals surface area contributed by atoms with Gasteiger partial charge in [-0.25, -0.2) is 0 Å². The molecule has 0 spiro atoms. The molecule has 0 aliphatic rings. The Morgan fingerprint density at radius 1 is 1.11 bits per heavy atom. The van der Waals surface area contributed by atoms with Crippen LogP contribution in [0.4, 0.5) is 0 Å². The number of benzene rings is 1. The Kier molecular flexibility index (Phi) is 3.27. The van der Waals surface area contributed by atoms with E-state index in [9.17, 15) is 0 Å². The highest BCUT2D eigenvalue weighted by Gasteiger charge is 2.05. The second-order valence-electron chi connectivity index (χ2n) is 4.34. The molecule has 0 bridgehead atoms. The van der Waals surface area contributed by atoms with Crippen molar-refractivity contribution in [1.82, 2.24) is 4.57 Å². The van der Waals surface area contributed by atoms with E-state index in [2.05, 4.69) is 70.0 Å². The Labute approximate surface area is 119 Å². The zero-order valence-electron chi connectivity index (χ0n) is 10.2. The number of fused-ring (bicyclic) bond motifs is 1. The average molecular weight is 320 g/mol. The number of rotatable bonds is 3. The fraction of sp³-hybridized carbons (Fsp3) is 0.200. The topological polar surface area (TPSA) is 4.93 Å². The Morgan fingerprint density at radius 2 is 1.94 bits per heavy atom. The number of nitrogens with zero attached hydrogens (tertiary/aromatic N) is 1. The van der Waals surface area contributed by atoms with Gasteiger partial charge in [-0.05, 0) is 36.8 Å². The van der Waals surface area contributed by atoms with Crippen LogP contribution in [0.5, 0.6) is 0 Å². The van der Waals surface area contributed by atoms with Gasteiger partial charge in [-0.3, -0.25) is 0 Å². The van der Waals surface area contributed by atoms with Crippen LogP contribution >= 0.6 is 27.3 Å². The van der Waals surface area contributed by atoms with Crippen molar-refractivity contribution in [2.75, 3.05) is 0 Å². The summed E-state index contributed by atoms with van der Waals surface area (Å²) in [6.07, 6.45) is 3.30. The lowest BCUT2D eigenvalue weighted by Gasteiger charge is -2.03. The summed E-state index contributed by atoms with van der Waals surface area (Å²) >= 11 is 5.51. The minimum Gasteiger partial charge on any atom is -0.342 e. The molecule has 2 heterocycles. The van der Waals surface area contributed by atoms with Gasteiger partial charge in [0.05, 0.1) is 6.54 Å². The molecule has 2 aromatic heterocycles. The molecule has 0 atom stereocenters. The minimum atomic E-state index is 0.963. The third-order valence-electron chi connectivity index (χ3n) is 3.15. The van der Waals surface area contributed by atoms with Gasteiger partial charge >= 0.3 is 0 Å². The molecule has 0 aliphatic carbocycles. The van der Waals surface area contributed by atoms with Crippen LogP contribution in [0.1, 0.15) is 16.7 Å². The molecule has 3 aromatic rings. The number of hydrogen-bond acceptors (Lipinski definition) is 1. The molecule has 0 saturated carbocycles. The van der Waals surface area contributed by atoms with E-state index in [0.717, 1.165) is 13.0 Å². The molecule has 1 nitrogen and oxygen atoms in total. The Balaban J connectivity index is 1.97. The van der Waals surface area contributed by atoms with Crippen molar-refractivity contribution in [3.05, 3.63) is 56.8 Å². The van der Waals surface area contributed by atoms with Crippen molar-refractivity contribution >= 4 is 38.2 Å². The predicted octanol–water partition coefficient (Wildman–Crippen LogP) is 5.08. The minimum absolute atomic E-state index is 0.963. The molecule has 3 rings (SSSR count). The highest BCUT2D eigenvalue weighted by molar-refractivity contribution is 9.10. The lowest BCUT2D eigenvalue weighted by Crippen LogP contribution is -1.95. The summed E-state index contributed by atoms with van der Waals surface area (Å²) in [4.78, 5) is 2.88. The Hall–Kier alpha value is -1.06. The van der Waals surface area contributed by atoms with Crippen molar-refractivity contribution in [2.24, 2.45) is 0 Å². The number of aryl methyl sites for hydroxylation is 1. The molecule has 0 fully saturated rings. The van der Waals surface area contributed by atoms with Crippen LogP contribution in [0.25, 0.3) is 10.9 Å².